The van der Waals surface area contributed by atoms with Gasteiger partial charge < -0.3 is 15.4 Å². The van der Waals surface area contributed by atoms with Crippen LogP contribution in [0.5, 0.6) is 5.75 Å². The van der Waals surface area contributed by atoms with Crippen molar-refractivity contribution in [3.05, 3.63) is 28.5 Å². The fourth-order valence-corrected chi connectivity index (χ4v) is 3.00. The molecule has 1 aromatic rings. The van der Waals surface area contributed by atoms with Gasteiger partial charge in [0.25, 0.3) is 0 Å². The standard InChI is InChI=1S/C16H22BrFN2O2/c1-11(19)12-3-2-7-20(10-12)16(21)6-8-22-15-5-4-13(17)9-14(15)18/h4-5,9,11-12H,2-3,6-8,10,19H2,1H3/t11-,12-/m0/s1. The molecule has 1 heterocycles. The highest BCUT2D eigenvalue weighted by Crippen LogP contribution is 2.22. The lowest BCUT2D eigenvalue weighted by Crippen LogP contribution is -2.45. The summed E-state index contributed by atoms with van der Waals surface area (Å²) in [5.41, 5.74) is 5.93. The van der Waals surface area contributed by atoms with Crippen LogP contribution in [0.2, 0.25) is 0 Å². The molecule has 0 saturated carbocycles. The first-order valence-corrected chi connectivity index (χ1v) is 8.38. The monoisotopic (exact) mass is 372 g/mol. The summed E-state index contributed by atoms with van der Waals surface area (Å²) in [5.74, 6) is 0.144. The van der Waals surface area contributed by atoms with Gasteiger partial charge in [0.2, 0.25) is 5.91 Å². The predicted octanol–water partition coefficient (Wildman–Crippen LogP) is 2.94. The molecule has 1 saturated heterocycles. The zero-order chi connectivity index (χ0) is 16.1. The van der Waals surface area contributed by atoms with Crippen molar-refractivity contribution >= 4 is 21.8 Å². The Bertz CT molecular complexity index is 525. The molecule has 122 valence electrons. The van der Waals surface area contributed by atoms with E-state index in [0.29, 0.717) is 16.9 Å². The van der Waals surface area contributed by atoms with E-state index in [1.165, 1.54) is 6.07 Å². The molecule has 1 aliphatic heterocycles. The van der Waals surface area contributed by atoms with Crippen molar-refractivity contribution in [2.75, 3.05) is 19.7 Å². The third-order valence-corrected chi connectivity index (χ3v) is 4.51. The zero-order valence-corrected chi connectivity index (χ0v) is 14.3. The molecule has 1 fully saturated rings. The largest absolute Gasteiger partial charge is 0.490 e. The van der Waals surface area contributed by atoms with Crippen molar-refractivity contribution in [2.45, 2.75) is 32.2 Å². The SMILES string of the molecule is C[C@H](N)[C@H]1CCCN(C(=O)CCOc2ccc(Br)cc2F)C1. The molecule has 1 aromatic carbocycles. The van der Waals surface area contributed by atoms with E-state index < -0.39 is 5.82 Å². The molecule has 4 nitrogen and oxygen atoms in total. The highest BCUT2D eigenvalue weighted by Gasteiger charge is 2.25. The second-order valence-corrected chi connectivity index (χ2v) is 6.69. The molecule has 2 atom stereocenters. The minimum Gasteiger partial charge on any atom is -0.490 e. The Kier molecular flexibility index (Phi) is 6.20. The van der Waals surface area contributed by atoms with Gasteiger partial charge in [0.1, 0.15) is 0 Å². The average Bonchev–Trinajstić information content (AvgIpc) is 2.49. The van der Waals surface area contributed by atoms with Crippen LogP contribution in [0.1, 0.15) is 26.2 Å². The van der Waals surface area contributed by atoms with Gasteiger partial charge in [-0.3, -0.25) is 4.79 Å². The highest BCUT2D eigenvalue weighted by molar-refractivity contribution is 9.10. The van der Waals surface area contributed by atoms with Crippen molar-refractivity contribution in [2.24, 2.45) is 11.7 Å². The lowest BCUT2D eigenvalue weighted by Gasteiger charge is -2.34. The van der Waals surface area contributed by atoms with E-state index in [1.54, 1.807) is 12.1 Å². The third-order valence-electron chi connectivity index (χ3n) is 4.02. The molecule has 2 rings (SSSR count). The van der Waals surface area contributed by atoms with E-state index in [2.05, 4.69) is 15.9 Å². The van der Waals surface area contributed by atoms with Crippen LogP contribution in [0.4, 0.5) is 4.39 Å². The minimum absolute atomic E-state index is 0.0443. The number of carbonyl (C=O) groups is 1. The normalized spacial score (nSPS) is 19.8. The molecule has 6 heteroatoms. The number of amides is 1. The van der Waals surface area contributed by atoms with Gasteiger partial charge in [-0.1, -0.05) is 15.9 Å². The second-order valence-electron chi connectivity index (χ2n) is 5.77. The van der Waals surface area contributed by atoms with E-state index in [9.17, 15) is 9.18 Å². The molecule has 22 heavy (non-hydrogen) atoms. The number of likely N-dealkylation sites (tertiary alicyclic amines) is 1. The minimum atomic E-state index is -0.434. The van der Waals surface area contributed by atoms with Crippen LogP contribution < -0.4 is 10.5 Å². The van der Waals surface area contributed by atoms with Crippen LogP contribution >= 0.6 is 15.9 Å². The van der Waals surface area contributed by atoms with Crippen molar-refractivity contribution in [3.63, 3.8) is 0 Å². The fraction of sp³-hybridized carbons (Fsp3) is 0.562. The van der Waals surface area contributed by atoms with Crippen LogP contribution in [0.25, 0.3) is 0 Å². The maximum atomic E-state index is 13.6. The summed E-state index contributed by atoms with van der Waals surface area (Å²) in [6.45, 7) is 3.65. The summed E-state index contributed by atoms with van der Waals surface area (Å²) >= 11 is 3.19. The fourth-order valence-electron chi connectivity index (χ4n) is 2.66. The molecule has 0 spiro atoms. The Morgan fingerprint density at radius 3 is 3.05 bits per heavy atom. The highest BCUT2D eigenvalue weighted by atomic mass is 79.9. The van der Waals surface area contributed by atoms with Crippen LogP contribution in [0.15, 0.2) is 22.7 Å². The summed E-state index contributed by atoms with van der Waals surface area (Å²) in [6, 6.07) is 4.70. The van der Waals surface area contributed by atoms with Crippen molar-refractivity contribution < 1.29 is 13.9 Å². The molecule has 0 unspecified atom stereocenters. The number of halogens is 2. The van der Waals surface area contributed by atoms with Gasteiger partial charge in [0, 0.05) is 23.6 Å². The van der Waals surface area contributed by atoms with E-state index in [1.807, 2.05) is 11.8 Å². The van der Waals surface area contributed by atoms with Crippen LogP contribution in [0.3, 0.4) is 0 Å². The van der Waals surface area contributed by atoms with Gasteiger partial charge in [0.05, 0.1) is 13.0 Å². The van der Waals surface area contributed by atoms with Crippen molar-refractivity contribution in [3.8, 4) is 5.75 Å². The summed E-state index contributed by atoms with van der Waals surface area (Å²) in [6.07, 6.45) is 2.31. The number of hydrogen-bond donors (Lipinski definition) is 1. The second kappa shape index (κ2) is 7.92. The summed E-state index contributed by atoms with van der Waals surface area (Å²) in [5, 5.41) is 0. The van der Waals surface area contributed by atoms with Crippen molar-refractivity contribution in [1.29, 1.82) is 0 Å². The maximum Gasteiger partial charge on any atom is 0.226 e. The number of nitrogens with two attached hydrogens (primary N) is 1. The number of carbonyl (C=O) groups excluding carboxylic acids is 1. The van der Waals surface area contributed by atoms with Crippen LogP contribution in [-0.4, -0.2) is 36.5 Å². The molecule has 0 aliphatic carbocycles. The lowest BCUT2D eigenvalue weighted by molar-refractivity contribution is -0.133. The molecule has 0 aromatic heterocycles. The average molecular weight is 373 g/mol. The van der Waals surface area contributed by atoms with Crippen LogP contribution in [-0.2, 0) is 4.79 Å². The molecule has 1 amide bonds. The number of hydrogen-bond acceptors (Lipinski definition) is 3. The van der Waals surface area contributed by atoms with E-state index >= 15 is 0 Å². The summed E-state index contributed by atoms with van der Waals surface area (Å²) < 4.78 is 19.6. The number of piperidine rings is 1. The smallest absolute Gasteiger partial charge is 0.226 e. The molecule has 2 N–H and O–H groups in total. The van der Waals surface area contributed by atoms with Gasteiger partial charge in [-0.05, 0) is 43.9 Å². The molecule has 0 bridgehead atoms. The first kappa shape index (κ1) is 17.2. The Balaban J connectivity index is 1.80. The van der Waals surface area contributed by atoms with Crippen molar-refractivity contribution in [1.82, 2.24) is 4.90 Å². The first-order valence-electron chi connectivity index (χ1n) is 7.58. The molecule has 0 radical (unpaired) electrons. The summed E-state index contributed by atoms with van der Waals surface area (Å²) in [4.78, 5) is 14.0. The van der Waals surface area contributed by atoms with Gasteiger partial charge in [-0.25, -0.2) is 4.39 Å². The number of rotatable bonds is 5. The predicted molar refractivity (Wildman–Crippen MR) is 87.2 cm³/mol. The topological polar surface area (TPSA) is 55.6 Å². The Hall–Kier alpha value is -1.14. The quantitative estimate of drug-likeness (QED) is 0.864. The number of nitrogens with zero attached hydrogens (tertiary/aromatic N) is 1. The number of ether oxygens (including phenoxy) is 1. The van der Waals surface area contributed by atoms with Gasteiger partial charge in [0.15, 0.2) is 11.6 Å². The molecular weight excluding hydrogens is 351 g/mol. The van der Waals surface area contributed by atoms with E-state index in [0.717, 1.165) is 19.4 Å². The van der Waals surface area contributed by atoms with Gasteiger partial charge >= 0.3 is 0 Å². The molecular formula is C16H22BrFN2O2. The Labute approximate surface area is 138 Å². The Morgan fingerprint density at radius 1 is 1.59 bits per heavy atom. The van der Waals surface area contributed by atoms with Crippen LogP contribution in [0, 0.1) is 11.7 Å². The van der Waals surface area contributed by atoms with Gasteiger partial charge in [-0.2, -0.15) is 0 Å². The Morgan fingerprint density at radius 2 is 2.36 bits per heavy atom. The molecule has 1 aliphatic rings. The third kappa shape index (κ3) is 4.68. The van der Waals surface area contributed by atoms with Gasteiger partial charge in [-0.15, -0.1) is 0 Å². The number of benzene rings is 1. The zero-order valence-electron chi connectivity index (χ0n) is 12.7. The lowest BCUT2D eigenvalue weighted by atomic mass is 9.92. The van der Waals surface area contributed by atoms with E-state index in [-0.39, 0.29) is 30.7 Å². The first-order chi connectivity index (χ1) is 10.5. The van der Waals surface area contributed by atoms with E-state index in [4.69, 9.17) is 10.5 Å². The maximum absolute atomic E-state index is 13.6. The summed E-state index contributed by atoms with van der Waals surface area (Å²) in [7, 11) is 0.